The fourth-order valence-corrected chi connectivity index (χ4v) is 0.555. The van der Waals surface area contributed by atoms with Crippen molar-refractivity contribution in [1.29, 1.82) is 0 Å². The van der Waals surface area contributed by atoms with Crippen molar-refractivity contribution in [1.82, 2.24) is 0 Å². The molecule has 0 N–H and O–H groups in total. The molecule has 0 aliphatic heterocycles. The topological polar surface area (TPSA) is 17.1 Å². The standard InChI is InChI=1S/C6H11OS.Li/c1-4-6(2,3)5-8-7;/h4H2,1-3H3;/q-1;+1. The number of rotatable bonds is 2. The largest absolute Gasteiger partial charge is 1.00 e. The minimum Gasteiger partial charge on any atom is -0.385 e. The Morgan fingerprint density at radius 3 is 2.11 bits per heavy atom. The Balaban J connectivity index is 0. The Morgan fingerprint density at radius 1 is 1.56 bits per heavy atom. The van der Waals surface area contributed by atoms with Gasteiger partial charge in [0.2, 0.25) is 0 Å². The summed E-state index contributed by atoms with van der Waals surface area (Å²) in [6.45, 7) is 6.04. The zero-order chi connectivity index (χ0) is 6.62. The van der Waals surface area contributed by atoms with Crippen molar-refractivity contribution < 1.29 is 23.1 Å². The second kappa shape index (κ2) is 5.29. The fourth-order valence-electron chi connectivity index (χ4n) is 0.185. The fraction of sp³-hybridized carbons (Fsp3) is 0.833. The van der Waals surface area contributed by atoms with Gasteiger partial charge in [-0.15, -0.1) is 11.3 Å². The maximum atomic E-state index is 9.91. The van der Waals surface area contributed by atoms with Crippen LogP contribution in [0.25, 0.3) is 0 Å². The van der Waals surface area contributed by atoms with Gasteiger partial charge in [0.1, 0.15) is 0 Å². The van der Waals surface area contributed by atoms with Crippen LogP contribution in [0.5, 0.6) is 0 Å². The third kappa shape index (κ3) is 6.37. The molecule has 0 aromatic heterocycles. The molecule has 0 aromatic rings. The molecule has 0 aliphatic rings. The second-order valence-electron chi connectivity index (χ2n) is 2.42. The van der Waals surface area contributed by atoms with Gasteiger partial charge in [-0.2, -0.15) is 5.41 Å². The zero-order valence-corrected chi connectivity index (χ0v) is 7.34. The smallest absolute Gasteiger partial charge is 0.385 e. The van der Waals surface area contributed by atoms with Crippen LogP contribution in [0.1, 0.15) is 27.2 Å². The summed E-state index contributed by atoms with van der Waals surface area (Å²) < 4.78 is 9.91. The molecule has 0 saturated heterocycles. The molecule has 9 heavy (non-hydrogen) atoms. The van der Waals surface area contributed by atoms with Crippen LogP contribution in [0.2, 0.25) is 0 Å². The van der Waals surface area contributed by atoms with E-state index < -0.39 is 0 Å². The van der Waals surface area contributed by atoms with Crippen molar-refractivity contribution in [2.24, 2.45) is 5.41 Å². The van der Waals surface area contributed by atoms with E-state index in [1.165, 1.54) is 0 Å². The van der Waals surface area contributed by atoms with Crippen LogP contribution in [-0.4, -0.2) is 9.58 Å². The maximum absolute atomic E-state index is 9.91. The molecule has 0 spiro atoms. The van der Waals surface area contributed by atoms with Gasteiger partial charge in [0.15, 0.2) is 0 Å². The predicted molar refractivity (Wildman–Crippen MR) is 37.2 cm³/mol. The Hall–Kier alpha value is 0.487. The SMILES string of the molecule is CCC(C)(C)[C-]=S=O.[Li+]. The van der Waals surface area contributed by atoms with Gasteiger partial charge in [0.25, 0.3) is 0 Å². The second-order valence-corrected chi connectivity index (χ2v) is 2.79. The first-order valence-electron chi connectivity index (χ1n) is 2.68. The molecule has 0 bridgehead atoms. The van der Waals surface area contributed by atoms with Gasteiger partial charge in [-0.3, -0.25) is 4.21 Å². The Kier molecular flexibility index (Phi) is 7.16. The number of hydrogen-bond donors (Lipinski definition) is 0. The van der Waals surface area contributed by atoms with Gasteiger partial charge in [0, 0.05) is 0 Å². The predicted octanol–water partition coefficient (Wildman–Crippen LogP) is -1.68. The van der Waals surface area contributed by atoms with E-state index in [1.54, 1.807) is 0 Å². The molecule has 0 saturated carbocycles. The first kappa shape index (κ1) is 12.2. The molecular formula is C6H11LiOS. The van der Waals surface area contributed by atoms with Crippen LogP contribution in [0.4, 0.5) is 0 Å². The van der Waals surface area contributed by atoms with Crippen LogP contribution >= 0.6 is 0 Å². The summed E-state index contributed by atoms with van der Waals surface area (Å²) in [6.07, 6.45) is 0.974. The zero-order valence-electron chi connectivity index (χ0n) is 6.52. The summed E-state index contributed by atoms with van der Waals surface area (Å²) in [6, 6.07) is 0. The van der Waals surface area contributed by atoms with E-state index in [1.807, 2.05) is 20.8 Å². The molecule has 3 heteroatoms. The van der Waals surface area contributed by atoms with Gasteiger partial charge in [-0.05, 0) is 0 Å². The van der Waals surface area contributed by atoms with Crippen LogP contribution in [-0.2, 0) is 11.3 Å². The van der Waals surface area contributed by atoms with E-state index in [2.05, 4.69) is 5.37 Å². The molecule has 0 heterocycles. The van der Waals surface area contributed by atoms with Gasteiger partial charge >= 0.3 is 18.9 Å². The van der Waals surface area contributed by atoms with Gasteiger partial charge in [-0.25, -0.2) is 0 Å². The molecule has 48 valence electrons. The first-order valence-corrected chi connectivity index (χ1v) is 3.42. The molecular weight excluding hydrogens is 127 g/mol. The number of hydrogen-bond acceptors (Lipinski definition) is 1. The van der Waals surface area contributed by atoms with E-state index in [0.29, 0.717) is 11.3 Å². The van der Waals surface area contributed by atoms with Crippen molar-refractivity contribution in [2.45, 2.75) is 27.2 Å². The molecule has 0 rings (SSSR count). The van der Waals surface area contributed by atoms with Gasteiger partial charge < -0.3 is 5.37 Å². The third-order valence-corrected chi connectivity index (χ3v) is 1.84. The Morgan fingerprint density at radius 2 is 2.00 bits per heavy atom. The summed E-state index contributed by atoms with van der Waals surface area (Å²) in [5.74, 6) is 0. The van der Waals surface area contributed by atoms with Gasteiger partial charge in [0.05, 0.1) is 0 Å². The molecule has 0 atom stereocenters. The Labute approximate surface area is 72.5 Å². The summed E-state index contributed by atoms with van der Waals surface area (Å²) in [4.78, 5) is 0. The van der Waals surface area contributed by atoms with Crippen LogP contribution in [0.3, 0.4) is 0 Å². The minimum absolute atomic E-state index is 0. The van der Waals surface area contributed by atoms with Crippen molar-refractivity contribution in [3.8, 4) is 0 Å². The summed E-state index contributed by atoms with van der Waals surface area (Å²) in [5.41, 5.74) is -0.00752. The van der Waals surface area contributed by atoms with Crippen molar-refractivity contribution in [3.63, 3.8) is 0 Å². The van der Waals surface area contributed by atoms with Crippen molar-refractivity contribution in [2.75, 3.05) is 0 Å². The molecule has 0 radical (unpaired) electrons. The molecule has 0 unspecified atom stereocenters. The molecule has 0 fully saturated rings. The van der Waals surface area contributed by atoms with E-state index in [-0.39, 0.29) is 24.3 Å². The maximum Gasteiger partial charge on any atom is 1.00 e. The van der Waals surface area contributed by atoms with E-state index in [4.69, 9.17) is 0 Å². The monoisotopic (exact) mass is 138 g/mol. The Bertz CT molecular complexity index is 116. The normalized spacial score (nSPS) is 9.67. The summed E-state index contributed by atoms with van der Waals surface area (Å²) in [5, 5.41) is 2.73. The van der Waals surface area contributed by atoms with E-state index in [9.17, 15) is 4.21 Å². The van der Waals surface area contributed by atoms with Crippen molar-refractivity contribution >= 4 is 16.6 Å². The molecule has 0 aromatic carbocycles. The van der Waals surface area contributed by atoms with E-state index in [0.717, 1.165) is 6.42 Å². The molecule has 0 aliphatic carbocycles. The van der Waals surface area contributed by atoms with E-state index >= 15 is 0 Å². The minimum atomic E-state index is -0.00752. The molecule has 0 amide bonds. The summed E-state index contributed by atoms with van der Waals surface area (Å²) in [7, 11) is 0. The van der Waals surface area contributed by atoms with Gasteiger partial charge in [-0.1, -0.05) is 27.2 Å². The van der Waals surface area contributed by atoms with Crippen LogP contribution < -0.4 is 18.9 Å². The average molecular weight is 138 g/mol. The summed E-state index contributed by atoms with van der Waals surface area (Å²) >= 11 is 0.433. The van der Waals surface area contributed by atoms with Crippen LogP contribution in [0.15, 0.2) is 0 Å². The average Bonchev–Trinajstić information content (AvgIpc) is 1.67. The quantitative estimate of drug-likeness (QED) is 0.253. The van der Waals surface area contributed by atoms with Crippen molar-refractivity contribution in [3.05, 3.63) is 0 Å². The third-order valence-electron chi connectivity index (χ3n) is 1.20. The first-order chi connectivity index (χ1) is 3.62. The molecule has 1 nitrogen and oxygen atoms in total. The van der Waals surface area contributed by atoms with Crippen LogP contribution in [0, 0.1) is 5.41 Å².